The molecule has 0 fully saturated rings. The summed E-state index contributed by atoms with van der Waals surface area (Å²) in [6.07, 6.45) is 0. The second kappa shape index (κ2) is 9.44. The molecule has 0 aliphatic rings. The highest BCUT2D eigenvalue weighted by Crippen LogP contribution is 2.25. The maximum absolute atomic E-state index is 7.86. The van der Waals surface area contributed by atoms with Gasteiger partial charge in [-0.1, -0.05) is 0 Å². The van der Waals surface area contributed by atoms with E-state index in [0.717, 1.165) is 6.54 Å². The topological polar surface area (TPSA) is 54.8 Å². The fourth-order valence-electron chi connectivity index (χ4n) is 1.50. The molecule has 0 amide bonds. The van der Waals surface area contributed by atoms with Gasteiger partial charge in [-0.15, -0.1) is 12.4 Å². The number of methoxy groups -OCH3 is 1. The molecule has 114 valence electrons. The van der Waals surface area contributed by atoms with Gasteiger partial charge in [0.2, 0.25) is 5.90 Å². The molecule has 1 aromatic carbocycles. The zero-order valence-corrected chi connectivity index (χ0v) is 13.3. The molecule has 0 aliphatic heterocycles. The minimum atomic E-state index is 0. The van der Waals surface area contributed by atoms with E-state index < -0.39 is 0 Å². The predicted octanol–water partition coefficient (Wildman–Crippen LogP) is 2.42. The van der Waals surface area contributed by atoms with Crippen LogP contribution < -0.4 is 9.47 Å². The molecule has 0 atom stereocenters. The Hall–Kier alpha value is -1.46. The van der Waals surface area contributed by atoms with Crippen LogP contribution in [0.4, 0.5) is 0 Å². The maximum Gasteiger partial charge on any atom is 0.217 e. The average Bonchev–Trinajstić information content (AvgIpc) is 2.38. The van der Waals surface area contributed by atoms with Crippen LogP contribution in [-0.2, 0) is 4.74 Å². The first-order valence-electron chi connectivity index (χ1n) is 6.25. The Morgan fingerprint density at radius 1 is 1.30 bits per heavy atom. The monoisotopic (exact) mass is 302 g/mol. The molecule has 0 aliphatic carbocycles. The van der Waals surface area contributed by atoms with Crippen LogP contribution in [0, 0.1) is 5.41 Å². The lowest BCUT2D eigenvalue weighted by Gasteiger charge is -2.15. The average molecular weight is 303 g/mol. The molecule has 1 rings (SSSR count). The van der Waals surface area contributed by atoms with Gasteiger partial charge >= 0.3 is 0 Å². The number of hydrogen-bond donors (Lipinski definition) is 1. The first kappa shape index (κ1) is 18.5. The van der Waals surface area contributed by atoms with Crippen LogP contribution in [0.2, 0.25) is 0 Å². The first-order valence-corrected chi connectivity index (χ1v) is 6.25. The van der Waals surface area contributed by atoms with Gasteiger partial charge in [0.25, 0.3) is 0 Å². The van der Waals surface area contributed by atoms with Crippen molar-refractivity contribution in [3.63, 3.8) is 0 Å². The lowest BCUT2D eigenvalue weighted by molar-refractivity contribution is 0.258. The number of hydrogen-bond acceptors (Lipinski definition) is 5. The van der Waals surface area contributed by atoms with Gasteiger partial charge in [-0.05, 0) is 33.2 Å². The van der Waals surface area contributed by atoms with Crippen molar-refractivity contribution in [2.24, 2.45) is 0 Å². The Kier molecular flexibility index (Phi) is 8.76. The minimum Gasteiger partial charge on any atom is -0.497 e. The second-order valence-corrected chi connectivity index (χ2v) is 4.28. The Bertz CT molecular complexity index is 425. The van der Waals surface area contributed by atoms with E-state index in [1.165, 1.54) is 0 Å². The van der Waals surface area contributed by atoms with Crippen molar-refractivity contribution < 1.29 is 14.2 Å². The molecule has 0 saturated heterocycles. The van der Waals surface area contributed by atoms with Gasteiger partial charge < -0.3 is 19.1 Å². The third-order valence-corrected chi connectivity index (χ3v) is 2.52. The molecule has 1 aromatic rings. The minimum absolute atomic E-state index is 0. The lowest BCUT2D eigenvalue weighted by Crippen LogP contribution is -2.20. The van der Waals surface area contributed by atoms with E-state index in [2.05, 4.69) is 0 Å². The van der Waals surface area contributed by atoms with Gasteiger partial charge in [0, 0.05) is 12.6 Å². The van der Waals surface area contributed by atoms with Crippen LogP contribution in [0.5, 0.6) is 11.5 Å². The Balaban J connectivity index is 0.00000361. The highest BCUT2D eigenvalue weighted by atomic mass is 35.5. The van der Waals surface area contributed by atoms with Crippen molar-refractivity contribution in [3.8, 4) is 11.5 Å². The standard InChI is InChI=1S/C14H22N2O3.ClH/c1-5-18-14(15)12-7-6-11(17-4)10-13(12)19-9-8-16(2)3;/h6-7,10,15H,5,8-9H2,1-4H3;1H. The van der Waals surface area contributed by atoms with E-state index in [1.54, 1.807) is 25.3 Å². The molecular formula is C14H23ClN2O3. The molecule has 20 heavy (non-hydrogen) atoms. The van der Waals surface area contributed by atoms with Crippen LogP contribution in [0.3, 0.4) is 0 Å². The van der Waals surface area contributed by atoms with Gasteiger partial charge in [-0.2, -0.15) is 0 Å². The van der Waals surface area contributed by atoms with Crippen LogP contribution in [0.25, 0.3) is 0 Å². The summed E-state index contributed by atoms with van der Waals surface area (Å²) in [6, 6.07) is 5.35. The molecule has 0 radical (unpaired) electrons. The fourth-order valence-corrected chi connectivity index (χ4v) is 1.50. The van der Waals surface area contributed by atoms with E-state index in [9.17, 15) is 0 Å². The van der Waals surface area contributed by atoms with Crippen molar-refractivity contribution in [2.75, 3.05) is 41.0 Å². The van der Waals surface area contributed by atoms with E-state index in [1.807, 2.05) is 25.9 Å². The van der Waals surface area contributed by atoms with Crippen molar-refractivity contribution in [1.29, 1.82) is 5.41 Å². The van der Waals surface area contributed by atoms with Crippen LogP contribution in [-0.4, -0.2) is 51.8 Å². The van der Waals surface area contributed by atoms with E-state index in [-0.39, 0.29) is 18.3 Å². The largest absolute Gasteiger partial charge is 0.497 e. The van der Waals surface area contributed by atoms with E-state index in [0.29, 0.717) is 30.3 Å². The number of ether oxygens (including phenoxy) is 3. The third-order valence-electron chi connectivity index (χ3n) is 2.52. The predicted molar refractivity (Wildman–Crippen MR) is 82.7 cm³/mol. The number of rotatable bonds is 7. The van der Waals surface area contributed by atoms with Gasteiger partial charge in [0.15, 0.2) is 0 Å². The van der Waals surface area contributed by atoms with Gasteiger partial charge in [-0.3, -0.25) is 5.41 Å². The highest BCUT2D eigenvalue weighted by molar-refractivity contribution is 5.94. The van der Waals surface area contributed by atoms with Crippen LogP contribution in [0.1, 0.15) is 12.5 Å². The van der Waals surface area contributed by atoms with Crippen LogP contribution >= 0.6 is 12.4 Å². The third kappa shape index (κ3) is 5.67. The van der Waals surface area contributed by atoms with Gasteiger partial charge in [-0.25, -0.2) is 0 Å². The smallest absolute Gasteiger partial charge is 0.217 e. The van der Waals surface area contributed by atoms with E-state index >= 15 is 0 Å². The summed E-state index contributed by atoms with van der Waals surface area (Å²) in [5.74, 6) is 1.43. The summed E-state index contributed by atoms with van der Waals surface area (Å²) in [4.78, 5) is 2.04. The lowest BCUT2D eigenvalue weighted by atomic mass is 10.2. The SMILES string of the molecule is CCOC(=N)c1ccc(OC)cc1OCCN(C)C.Cl. The summed E-state index contributed by atoms with van der Waals surface area (Å²) in [5.41, 5.74) is 0.640. The molecule has 5 nitrogen and oxygen atoms in total. The fraction of sp³-hybridized carbons (Fsp3) is 0.500. The normalized spacial score (nSPS) is 9.85. The Morgan fingerprint density at radius 2 is 2.00 bits per heavy atom. The number of nitrogens with zero attached hydrogens (tertiary/aromatic N) is 1. The summed E-state index contributed by atoms with van der Waals surface area (Å²) in [7, 11) is 5.57. The second-order valence-electron chi connectivity index (χ2n) is 4.28. The maximum atomic E-state index is 7.86. The zero-order chi connectivity index (χ0) is 14.3. The zero-order valence-electron chi connectivity index (χ0n) is 12.4. The van der Waals surface area contributed by atoms with Gasteiger partial charge in [0.1, 0.15) is 18.1 Å². The summed E-state index contributed by atoms with van der Waals surface area (Å²) >= 11 is 0. The summed E-state index contributed by atoms with van der Waals surface area (Å²) in [5, 5.41) is 7.86. The molecule has 0 spiro atoms. The van der Waals surface area contributed by atoms with Gasteiger partial charge in [0.05, 0.1) is 19.3 Å². The number of benzene rings is 1. The summed E-state index contributed by atoms with van der Waals surface area (Å²) in [6.45, 7) is 3.66. The molecule has 0 heterocycles. The van der Waals surface area contributed by atoms with Crippen molar-refractivity contribution in [1.82, 2.24) is 4.90 Å². The van der Waals surface area contributed by atoms with Crippen molar-refractivity contribution >= 4 is 18.3 Å². The summed E-state index contributed by atoms with van der Waals surface area (Å²) < 4.78 is 16.1. The van der Waals surface area contributed by atoms with E-state index in [4.69, 9.17) is 19.6 Å². The Labute approximate surface area is 126 Å². The first-order chi connectivity index (χ1) is 9.08. The molecule has 6 heteroatoms. The molecule has 0 saturated carbocycles. The molecular weight excluding hydrogens is 280 g/mol. The molecule has 0 bridgehead atoms. The molecule has 1 N–H and O–H groups in total. The Morgan fingerprint density at radius 3 is 2.55 bits per heavy atom. The van der Waals surface area contributed by atoms with Crippen molar-refractivity contribution in [3.05, 3.63) is 23.8 Å². The number of nitrogens with one attached hydrogen (secondary N) is 1. The highest BCUT2D eigenvalue weighted by Gasteiger charge is 2.12. The number of halogens is 1. The molecule has 0 aromatic heterocycles. The molecule has 0 unspecified atom stereocenters. The number of likely N-dealkylation sites (N-methyl/N-ethyl adjacent to an activating group) is 1. The van der Waals surface area contributed by atoms with Crippen molar-refractivity contribution in [2.45, 2.75) is 6.92 Å². The van der Waals surface area contributed by atoms with Crippen LogP contribution in [0.15, 0.2) is 18.2 Å². The quantitative estimate of drug-likeness (QED) is 0.621.